The lowest BCUT2D eigenvalue weighted by Crippen LogP contribution is -2.54. The lowest BCUT2D eigenvalue weighted by molar-refractivity contribution is -0.0600. The van der Waals surface area contributed by atoms with Gasteiger partial charge in [-0.05, 0) is 36.6 Å². The van der Waals surface area contributed by atoms with Crippen LogP contribution in [-0.2, 0) is 10.2 Å². The summed E-state index contributed by atoms with van der Waals surface area (Å²) >= 11 is 0. The normalized spacial score (nSPS) is 17.4. The van der Waals surface area contributed by atoms with Crippen molar-refractivity contribution in [1.82, 2.24) is 5.32 Å². The first kappa shape index (κ1) is 14.4. The Kier molecular flexibility index (Phi) is 4.16. The number of aryl methyl sites for hydroxylation is 2. The average Bonchev–Trinajstić information content (AvgIpc) is 2.31. The van der Waals surface area contributed by atoms with Gasteiger partial charge < -0.3 is 14.8 Å². The van der Waals surface area contributed by atoms with Crippen LogP contribution in [0, 0.1) is 13.8 Å². The van der Waals surface area contributed by atoms with Crippen molar-refractivity contribution < 1.29 is 9.47 Å². The van der Waals surface area contributed by atoms with Gasteiger partial charge in [0.2, 0.25) is 0 Å². The molecule has 1 aromatic carbocycles. The summed E-state index contributed by atoms with van der Waals surface area (Å²) in [6, 6.07) is 4.90. The molecule has 106 valence electrons. The van der Waals surface area contributed by atoms with E-state index in [2.05, 4.69) is 45.1 Å². The van der Waals surface area contributed by atoms with E-state index in [9.17, 15) is 0 Å². The minimum Gasteiger partial charge on any atom is -0.496 e. The molecule has 0 bridgehead atoms. The van der Waals surface area contributed by atoms with Gasteiger partial charge in [0.15, 0.2) is 0 Å². The monoisotopic (exact) mass is 263 g/mol. The molecule has 0 unspecified atom stereocenters. The van der Waals surface area contributed by atoms with E-state index in [0.29, 0.717) is 6.04 Å². The number of ether oxygens (including phenoxy) is 2. The highest BCUT2D eigenvalue weighted by Gasteiger charge is 2.41. The second-order valence-electron chi connectivity index (χ2n) is 5.95. The van der Waals surface area contributed by atoms with Crippen molar-refractivity contribution in [2.75, 3.05) is 26.9 Å². The van der Waals surface area contributed by atoms with Crippen LogP contribution in [0.1, 0.15) is 30.5 Å². The number of methoxy groups -OCH3 is 1. The largest absolute Gasteiger partial charge is 0.496 e. The van der Waals surface area contributed by atoms with Gasteiger partial charge in [-0.15, -0.1) is 0 Å². The SMILES string of the molecule is COc1cc(C)c(C2(CNC(C)C)COC2)cc1C. The van der Waals surface area contributed by atoms with E-state index in [0.717, 1.165) is 25.5 Å². The molecule has 1 N–H and O–H groups in total. The zero-order valence-electron chi connectivity index (χ0n) is 12.7. The fourth-order valence-corrected chi connectivity index (χ4v) is 2.68. The van der Waals surface area contributed by atoms with Crippen molar-refractivity contribution in [3.05, 3.63) is 28.8 Å². The van der Waals surface area contributed by atoms with Crippen molar-refractivity contribution in [2.45, 2.75) is 39.2 Å². The summed E-state index contributed by atoms with van der Waals surface area (Å²) in [5.41, 5.74) is 4.01. The van der Waals surface area contributed by atoms with E-state index in [1.807, 2.05) is 0 Å². The third-order valence-corrected chi connectivity index (χ3v) is 3.92. The lowest BCUT2D eigenvalue weighted by Gasteiger charge is -2.43. The van der Waals surface area contributed by atoms with Gasteiger partial charge in [0, 0.05) is 12.6 Å². The molecule has 1 aromatic rings. The zero-order valence-corrected chi connectivity index (χ0v) is 12.7. The molecule has 1 aliphatic heterocycles. The third-order valence-electron chi connectivity index (χ3n) is 3.92. The van der Waals surface area contributed by atoms with E-state index in [1.54, 1.807) is 7.11 Å². The quantitative estimate of drug-likeness (QED) is 0.885. The van der Waals surface area contributed by atoms with E-state index < -0.39 is 0 Å². The summed E-state index contributed by atoms with van der Waals surface area (Å²) in [5, 5.41) is 3.55. The number of rotatable bonds is 5. The molecule has 0 spiro atoms. The third kappa shape index (κ3) is 2.77. The van der Waals surface area contributed by atoms with Crippen LogP contribution < -0.4 is 10.1 Å². The minimum atomic E-state index is 0.130. The summed E-state index contributed by atoms with van der Waals surface area (Å²) in [6.07, 6.45) is 0. The van der Waals surface area contributed by atoms with Gasteiger partial charge in [-0.1, -0.05) is 19.9 Å². The number of benzene rings is 1. The number of hydrogen-bond acceptors (Lipinski definition) is 3. The summed E-state index contributed by atoms with van der Waals surface area (Å²) in [7, 11) is 1.73. The predicted molar refractivity (Wildman–Crippen MR) is 78.1 cm³/mol. The summed E-state index contributed by atoms with van der Waals surface area (Å²) in [5.74, 6) is 0.966. The van der Waals surface area contributed by atoms with Crippen LogP contribution in [0.5, 0.6) is 5.75 Å². The van der Waals surface area contributed by atoms with Gasteiger partial charge in [-0.25, -0.2) is 0 Å². The van der Waals surface area contributed by atoms with Crippen molar-refractivity contribution >= 4 is 0 Å². The van der Waals surface area contributed by atoms with Crippen molar-refractivity contribution in [3.8, 4) is 5.75 Å². The highest BCUT2D eigenvalue weighted by atomic mass is 16.5. The van der Waals surface area contributed by atoms with Crippen LogP contribution >= 0.6 is 0 Å². The Morgan fingerprint density at radius 3 is 2.42 bits per heavy atom. The molecule has 1 saturated heterocycles. The molecule has 0 amide bonds. The molecule has 0 saturated carbocycles. The Bertz CT molecular complexity index is 450. The van der Waals surface area contributed by atoms with E-state index in [4.69, 9.17) is 9.47 Å². The van der Waals surface area contributed by atoms with E-state index in [1.165, 1.54) is 16.7 Å². The summed E-state index contributed by atoms with van der Waals surface area (Å²) in [4.78, 5) is 0. The number of hydrogen-bond donors (Lipinski definition) is 1. The molecule has 19 heavy (non-hydrogen) atoms. The Hall–Kier alpha value is -1.06. The van der Waals surface area contributed by atoms with Crippen molar-refractivity contribution in [1.29, 1.82) is 0 Å². The smallest absolute Gasteiger partial charge is 0.122 e. The first-order chi connectivity index (χ1) is 8.98. The van der Waals surface area contributed by atoms with Crippen LogP contribution in [0.25, 0.3) is 0 Å². The molecule has 0 aliphatic carbocycles. The highest BCUT2D eigenvalue weighted by molar-refractivity contribution is 5.46. The maximum absolute atomic E-state index is 5.51. The van der Waals surface area contributed by atoms with Crippen LogP contribution in [0.4, 0.5) is 0 Å². The van der Waals surface area contributed by atoms with Crippen LogP contribution in [0.2, 0.25) is 0 Å². The second kappa shape index (κ2) is 5.51. The molecular weight excluding hydrogens is 238 g/mol. The molecular formula is C16H25NO2. The zero-order chi connectivity index (χ0) is 14.0. The van der Waals surface area contributed by atoms with Crippen LogP contribution in [0.15, 0.2) is 12.1 Å². The molecule has 2 rings (SSSR count). The standard InChI is InChI=1S/C16H25NO2/c1-11(2)17-8-16(9-19-10-16)14-6-13(4)15(18-5)7-12(14)3/h6-7,11,17H,8-10H2,1-5H3. The topological polar surface area (TPSA) is 30.5 Å². The van der Waals surface area contributed by atoms with E-state index >= 15 is 0 Å². The van der Waals surface area contributed by atoms with Gasteiger partial charge in [0.1, 0.15) is 5.75 Å². The fourth-order valence-electron chi connectivity index (χ4n) is 2.68. The molecule has 1 fully saturated rings. The minimum absolute atomic E-state index is 0.130. The van der Waals surface area contributed by atoms with Gasteiger partial charge >= 0.3 is 0 Å². The lowest BCUT2D eigenvalue weighted by atomic mass is 9.75. The summed E-state index contributed by atoms with van der Waals surface area (Å²) in [6.45, 7) is 11.2. The maximum atomic E-state index is 5.51. The second-order valence-corrected chi connectivity index (χ2v) is 5.95. The highest BCUT2D eigenvalue weighted by Crippen LogP contribution is 2.36. The molecule has 0 radical (unpaired) electrons. The average molecular weight is 263 g/mol. The maximum Gasteiger partial charge on any atom is 0.122 e. The first-order valence-corrected chi connectivity index (χ1v) is 6.95. The van der Waals surface area contributed by atoms with E-state index in [-0.39, 0.29) is 5.41 Å². The number of nitrogens with one attached hydrogen (secondary N) is 1. The Balaban J connectivity index is 2.30. The Labute approximate surface area is 116 Å². The summed E-state index contributed by atoms with van der Waals surface area (Å²) < 4.78 is 10.9. The van der Waals surface area contributed by atoms with Crippen molar-refractivity contribution in [2.24, 2.45) is 0 Å². The Morgan fingerprint density at radius 2 is 1.95 bits per heavy atom. The van der Waals surface area contributed by atoms with Crippen molar-refractivity contribution in [3.63, 3.8) is 0 Å². The molecule has 3 nitrogen and oxygen atoms in total. The fraction of sp³-hybridized carbons (Fsp3) is 0.625. The molecule has 1 heterocycles. The van der Waals surface area contributed by atoms with Gasteiger partial charge in [-0.3, -0.25) is 0 Å². The molecule has 0 atom stereocenters. The Morgan fingerprint density at radius 1 is 1.26 bits per heavy atom. The van der Waals surface area contributed by atoms with Crippen LogP contribution in [-0.4, -0.2) is 32.9 Å². The molecule has 1 aliphatic rings. The molecule has 3 heteroatoms. The first-order valence-electron chi connectivity index (χ1n) is 6.95. The van der Waals surface area contributed by atoms with Gasteiger partial charge in [0.25, 0.3) is 0 Å². The van der Waals surface area contributed by atoms with Crippen LogP contribution in [0.3, 0.4) is 0 Å². The van der Waals surface area contributed by atoms with Gasteiger partial charge in [-0.2, -0.15) is 0 Å². The predicted octanol–water partition coefficient (Wildman–Crippen LogP) is 2.58. The molecule has 0 aromatic heterocycles. The van der Waals surface area contributed by atoms with Gasteiger partial charge in [0.05, 0.1) is 25.7 Å².